The highest BCUT2D eigenvalue weighted by Gasteiger charge is 2.14. The largest absolute Gasteiger partial charge is 0.143 e. The molecule has 1 heterocycles. The van der Waals surface area contributed by atoms with Crippen LogP contribution in [0.5, 0.6) is 0 Å². The van der Waals surface area contributed by atoms with Gasteiger partial charge in [-0.05, 0) is 5.41 Å². The molecule has 0 aromatic carbocycles. The van der Waals surface area contributed by atoms with E-state index >= 15 is 0 Å². The summed E-state index contributed by atoms with van der Waals surface area (Å²) in [5, 5.41) is 10.0. The number of alkyl halides is 1. The van der Waals surface area contributed by atoms with E-state index in [4.69, 9.17) is 11.6 Å². The average molecular weight is 205 g/mol. The van der Waals surface area contributed by atoms with Gasteiger partial charge in [-0.2, -0.15) is 0 Å². The molecule has 2 nitrogen and oxygen atoms in total. The minimum atomic E-state index is 0.281. The summed E-state index contributed by atoms with van der Waals surface area (Å²) in [5.41, 5.74) is 0.281. The Hall–Kier alpha value is -0.150. The fourth-order valence-electron chi connectivity index (χ4n) is 0.867. The van der Waals surface area contributed by atoms with Crippen LogP contribution in [0.25, 0.3) is 0 Å². The number of aromatic nitrogens is 2. The quantitative estimate of drug-likeness (QED) is 0.693. The molecule has 1 aromatic rings. The second kappa shape index (κ2) is 3.71. The molecule has 0 amide bonds. The fraction of sp³-hybridized carbons (Fsp3) is 0.750. The third-order valence-corrected chi connectivity index (χ3v) is 2.64. The highest BCUT2D eigenvalue weighted by atomic mass is 35.5. The summed E-state index contributed by atoms with van der Waals surface area (Å²) < 4.78 is 0. The van der Waals surface area contributed by atoms with Crippen molar-refractivity contribution in [2.75, 3.05) is 0 Å². The topological polar surface area (TPSA) is 25.8 Å². The second-order valence-electron chi connectivity index (χ2n) is 3.96. The summed E-state index contributed by atoms with van der Waals surface area (Å²) in [5.74, 6) is 0.474. The molecule has 0 saturated heterocycles. The standard InChI is InChI=1S/C8H13ClN2S/c1-8(2,3)4-6-10-11-7(5-9)12-6/h4-5H2,1-3H3. The van der Waals surface area contributed by atoms with Crippen molar-refractivity contribution in [1.82, 2.24) is 10.2 Å². The number of nitrogens with zero attached hydrogens (tertiary/aromatic N) is 2. The minimum Gasteiger partial charge on any atom is -0.143 e. The van der Waals surface area contributed by atoms with Gasteiger partial charge in [0.15, 0.2) is 0 Å². The van der Waals surface area contributed by atoms with Gasteiger partial charge >= 0.3 is 0 Å². The molecule has 0 aliphatic carbocycles. The maximum absolute atomic E-state index is 5.62. The molecule has 1 aromatic heterocycles. The van der Waals surface area contributed by atoms with Crippen molar-refractivity contribution in [3.8, 4) is 0 Å². The molecule has 0 spiro atoms. The van der Waals surface area contributed by atoms with Crippen molar-refractivity contribution >= 4 is 22.9 Å². The third kappa shape index (κ3) is 3.07. The Morgan fingerprint density at radius 1 is 1.25 bits per heavy atom. The van der Waals surface area contributed by atoms with Gasteiger partial charge in [-0.3, -0.25) is 0 Å². The molecule has 12 heavy (non-hydrogen) atoms. The van der Waals surface area contributed by atoms with Crippen LogP contribution in [0.3, 0.4) is 0 Å². The van der Waals surface area contributed by atoms with E-state index in [0.717, 1.165) is 16.4 Å². The van der Waals surface area contributed by atoms with E-state index in [2.05, 4.69) is 31.0 Å². The van der Waals surface area contributed by atoms with Crippen molar-refractivity contribution in [2.45, 2.75) is 33.1 Å². The van der Waals surface area contributed by atoms with E-state index < -0.39 is 0 Å². The lowest BCUT2D eigenvalue weighted by atomic mass is 9.93. The molecule has 0 saturated carbocycles. The SMILES string of the molecule is CC(C)(C)Cc1nnc(CCl)s1. The molecule has 0 radical (unpaired) electrons. The molecule has 0 atom stereocenters. The van der Waals surface area contributed by atoms with Crippen LogP contribution in [-0.4, -0.2) is 10.2 Å². The van der Waals surface area contributed by atoms with Crippen LogP contribution in [0.15, 0.2) is 0 Å². The summed E-state index contributed by atoms with van der Waals surface area (Å²) in [6, 6.07) is 0. The highest BCUT2D eigenvalue weighted by Crippen LogP contribution is 2.23. The summed E-state index contributed by atoms with van der Waals surface area (Å²) in [6.07, 6.45) is 0.974. The Bertz CT molecular complexity index is 252. The molecule has 0 aliphatic rings. The number of halogens is 1. The molecular formula is C8H13ClN2S. The van der Waals surface area contributed by atoms with Crippen LogP contribution < -0.4 is 0 Å². The van der Waals surface area contributed by atoms with Crippen LogP contribution in [0.2, 0.25) is 0 Å². The van der Waals surface area contributed by atoms with Gasteiger partial charge < -0.3 is 0 Å². The molecule has 4 heteroatoms. The van der Waals surface area contributed by atoms with E-state index in [1.54, 1.807) is 11.3 Å². The van der Waals surface area contributed by atoms with Gasteiger partial charge in [-0.1, -0.05) is 20.8 Å². The van der Waals surface area contributed by atoms with E-state index in [-0.39, 0.29) is 5.41 Å². The first-order chi connectivity index (χ1) is 5.51. The van der Waals surface area contributed by atoms with Gasteiger partial charge in [0.25, 0.3) is 0 Å². The van der Waals surface area contributed by atoms with Crippen LogP contribution in [-0.2, 0) is 12.3 Å². The number of rotatable bonds is 2. The molecule has 0 aliphatic heterocycles. The second-order valence-corrected chi connectivity index (χ2v) is 5.37. The van der Waals surface area contributed by atoms with E-state index in [9.17, 15) is 0 Å². The first kappa shape index (κ1) is 9.93. The molecule has 0 N–H and O–H groups in total. The predicted octanol–water partition coefficient (Wildman–Crippen LogP) is 2.87. The molecule has 0 unspecified atom stereocenters. The monoisotopic (exact) mass is 204 g/mol. The third-order valence-electron chi connectivity index (χ3n) is 1.30. The molecule has 0 bridgehead atoms. The Kier molecular flexibility index (Phi) is 3.07. The molecular weight excluding hydrogens is 192 g/mol. The lowest BCUT2D eigenvalue weighted by Gasteiger charge is -2.14. The zero-order valence-electron chi connectivity index (χ0n) is 7.59. The summed E-state index contributed by atoms with van der Waals surface area (Å²) in [4.78, 5) is 0. The lowest BCUT2D eigenvalue weighted by molar-refractivity contribution is 0.409. The maximum atomic E-state index is 5.62. The minimum absolute atomic E-state index is 0.281. The Labute approximate surface area is 82.0 Å². The van der Waals surface area contributed by atoms with Crippen molar-refractivity contribution in [2.24, 2.45) is 5.41 Å². The zero-order chi connectivity index (χ0) is 9.19. The molecule has 68 valence electrons. The highest BCUT2D eigenvalue weighted by molar-refractivity contribution is 7.11. The molecule has 1 rings (SSSR count). The van der Waals surface area contributed by atoms with Gasteiger partial charge in [-0.25, -0.2) is 0 Å². The number of hydrogen-bond donors (Lipinski definition) is 0. The normalized spacial score (nSPS) is 12.0. The van der Waals surface area contributed by atoms with Crippen molar-refractivity contribution in [3.05, 3.63) is 10.0 Å². The van der Waals surface area contributed by atoms with Gasteiger partial charge in [0.2, 0.25) is 0 Å². The van der Waals surface area contributed by atoms with Gasteiger partial charge in [0, 0.05) is 6.42 Å². The van der Waals surface area contributed by atoms with Crippen molar-refractivity contribution < 1.29 is 0 Å². The van der Waals surface area contributed by atoms with Crippen molar-refractivity contribution in [1.29, 1.82) is 0 Å². The summed E-state index contributed by atoms with van der Waals surface area (Å²) in [7, 11) is 0. The Morgan fingerprint density at radius 3 is 2.25 bits per heavy atom. The first-order valence-corrected chi connectivity index (χ1v) is 5.23. The predicted molar refractivity (Wildman–Crippen MR) is 52.6 cm³/mol. The van der Waals surface area contributed by atoms with Gasteiger partial charge in [0.1, 0.15) is 10.0 Å². The van der Waals surface area contributed by atoms with E-state index in [1.165, 1.54) is 0 Å². The summed E-state index contributed by atoms with van der Waals surface area (Å²) >= 11 is 7.22. The average Bonchev–Trinajstić information content (AvgIpc) is 2.32. The first-order valence-electron chi connectivity index (χ1n) is 3.88. The Morgan fingerprint density at radius 2 is 1.83 bits per heavy atom. The van der Waals surface area contributed by atoms with Crippen LogP contribution in [0, 0.1) is 5.41 Å². The Balaban J connectivity index is 2.64. The van der Waals surface area contributed by atoms with Gasteiger partial charge in [-0.15, -0.1) is 33.1 Å². The van der Waals surface area contributed by atoms with Crippen LogP contribution >= 0.6 is 22.9 Å². The van der Waals surface area contributed by atoms with Crippen LogP contribution in [0.1, 0.15) is 30.8 Å². The summed E-state index contributed by atoms with van der Waals surface area (Å²) in [6.45, 7) is 6.57. The maximum Gasteiger partial charge on any atom is 0.132 e. The smallest absolute Gasteiger partial charge is 0.132 e. The van der Waals surface area contributed by atoms with E-state index in [1.807, 2.05) is 0 Å². The lowest BCUT2D eigenvalue weighted by Crippen LogP contribution is -2.08. The molecule has 0 fully saturated rings. The van der Waals surface area contributed by atoms with E-state index in [0.29, 0.717) is 5.88 Å². The zero-order valence-corrected chi connectivity index (χ0v) is 9.17. The van der Waals surface area contributed by atoms with Crippen molar-refractivity contribution in [3.63, 3.8) is 0 Å². The number of hydrogen-bond acceptors (Lipinski definition) is 3. The van der Waals surface area contributed by atoms with Crippen LogP contribution in [0.4, 0.5) is 0 Å². The fourth-order valence-corrected chi connectivity index (χ4v) is 2.08. The van der Waals surface area contributed by atoms with Gasteiger partial charge in [0.05, 0.1) is 5.88 Å².